The highest BCUT2D eigenvalue weighted by molar-refractivity contribution is 6.25. The quantitative estimate of drug-likeness (QED) is 0.302. The molecule has 1 aromatic rings. The molecule has 0 heterocycles. The summed E-state index contributed by atoms with van der Waals surface area (Å²) in [7, 11) is 6.46. The van der Waals surface area contributed by atoms with Crippen molar-refractivity contribution < 1.29 is 39.9 Å². The summed E-state index contributed by atoms with van der Waals surface area (Å²) < 4.78 is 0. The maximum atomic E-state index is 13.5. The number of fused-ring (bicyclic) bond motifs is 3. The Hall–Kier alpha value is -3.41. The molecule has 0 aliphatic heterocycles. The van der Waals surface area contributed by atoms with E-state index in [1.807, 2.05) is 0 Å². The van der Waals surface area contributed by atoms with Crippen LogP contribution in [0, 0.1) is 11.8 Å². The molecule has 11 nitrogen and oxygen atoms in total. The summed E-state index contributed by atoms with van der Waals surface area (Å²) >= 11 is 0. The average molecular weight is 473 g/mol. The van der Waals surface area contributed by atoms with Gasteiger partial charge in [-0.15, -0.1) is 0 Å². The lowest BCUT2D eigenvalue weighted by atomic mass is 9.57. The van der Waals surface area contributed by atoms with Crippen LogP contribution in [0.3, 0.4) is 0 Å². The standard InChI is InChI=1S/C23H27N3O8/c1-25(2)10-5-6-11(27)12-8(10)7-9-13(18(12)29)20(31)23(34)15(17(9)28)16(26(3)4)19(30)14(21(23)32)22(24)33/h5-6,9,15-17,27-28,30-31,34H,7H2,1-4H3,(H2,24,33)/t9?,15?,16-,17-,23-/m0/s1. The van der Waals surface area contributed by atoms with Crippen molar-refractivity contribution in [2.45, 2.75) is 24.2 Å². The van der Waals surface area contributed by atoms with Crippen LogP contribution >= 0.6 is 0 Å². The first-order valence-corrected chi connectivity index (χ1v) is 10.6. The zero-order valence-electron chi connectivity index (χ0n) is 19.1. The molecule has 182 valence electrons. The monoisotopic (exact) mass is 473 g/mol. The van der Waals surface area contributed by atoms with E-state index in [4.69, 9.17) is 5.73 Å². The van der Waals surface area contributed by atoms with Gasteiger partial charge in [-0.05, 0) is 38.2 Å². The molecule has 0 fully saturated rings. The Kier molecular flexibility index (Phi) is 5.27. The first-order valence-electron chi connectivity index (χ1n) is 10.6. The fraction of sp³-hybridized carbons (Fsp3) is 0.435. The number of hydrogen-bond acceptors (Lipinski definition) is 10. The second-order valence-corrected chi connectivity index (χ2v) is 9.40. The van der Waals surface area contributed by atoms with E-state index in [9.17, 15) is 39.9 Å². The van der Waals surface area contributed by atoms with Crippen molar-refractivity contribution in [1.82, 2.24) is 4.90 Å². The molecule has 2 unspecified atom stereocenters. The Morgan fingerprint density at radius 3 is 2.26 bits per heavy atom. The molecule has 0 bridgehead atoms. The Bertz CT molecular complexity index is 1200. The average Bonchev–Trinajstić information content (AvgIpc) is 2.73. The number of primary amides is 1. The molecule has 0 saturated heterocycles. The molecule has 3 aliphatic carbocycles. The van der Waals surface area contributed by atoms with Gasteiger partial charge in [-0.3, -0.25) is 19.3 Å². The van der Waals surface area contributed by atoms with E-state index >= 15 is 0 Å². The Balaban J connectivity index is 2.03. The summed E-state index contributed by atoms with van der Waals surface area (Å²) in [4.78, 5) is 41.9. The fourth-order valence-electron chi connectivity index (χ4n) is 5.67. The third kappa shape index (κ3) is 2.84. The number of hydrogen-bond donors (Lipinski definition) is 6. The molecule has 3 aliphatic rings. The number of carbonyl (C=O) groups excluding carboxylic acids is 3. The zero-order chi connectivity index (χ0) is 25.4. The summed E-state index contributed by atoms with van der Waals surface area (Å²) in [6, 6.07) is 1.65. The van der Waals surface area contributed by atoms with Gasteiger partial charge in [-0.2, -0.15) is 0 Å². The Labute approximate surface area is 195 Å². The molecule has 0 aromatic heterocycles. The number of Topliss-reactive ketones (excluding diaryl/α,β-unsaturated/α-hetero) is 2. The summed E-state index contributed by atoms with van der Waals surface area (Å²) in [6.07, 6.45) is -1.60. The fourth-order valence-corrected chi connectivity index (χ4v) is 5.67. The Morgan fingerprint density at radius 2 is 1.74 bits per heavy atom. The summed E-state index contributed by atoms with van der Waals surface area (Å²) in [6.45, 7) is 0. The predicted octanol–water partition coefficient (Wildman–Crippen LogP) is -0.843. The van der Waals surface area contributed by atoms with Crippen molar-refractivity contribution in [2.24, 2.45) is 17.6 Å². The number of nitrogens with zero attached hydrogens (tertiary/aromatic N) is 2. The van der Waals surface area contributed by atoms with Crippen molar-refractivity contribution in [3.63, 3.8) is 0 Å². The topological polar surface area (TPSA) is 185 Å². The van der Waals surface area contributed by atoms with Gasteiger partial charge in [0.1, 0.15) is 22.8 Å². The number of aromatic hydroxyl groups is 1. The maximum absolute atomic E-state index is 13.5. The first kappa shape index (κ1) is 23.7. The van der Waals surface area contributed by atoms with E-state index < -0.39 is 69.7 Å². The molecular formula is C23H27N3O8. The van der Waals surface area contributed by atoms with Gasteiger partial charge in [-0.1, -0.05) is 0 Å². The minimum atomic E-state index is -2.90. The SMILES string of the molecule is CN(C)c1ccc(O)c2c1CC1C(=C(O)[C@]3(O)C(=O)C(C(N)=O)=C(O)[C@@H](N(C)C)C3[C@H]1O)C2=O. The second-order valence-electron chi connectivity index (χ2n) is 9.40. The molecule has 1 aromatic carbocycles. The van der Waals surface area contributed by atoms with E-state index in [1.165, 1.54) is 25.1 Å². The molecule has 34 heavy (non-hydrogen) atoms. The largest absolute Gasteiger partial charge is 0.510 e. The lowest BCUT2D eigenvalue weighted by Crippen LogP contribution is -2.68. The Morgan fingerprint density at radius 1 is 1.12 bits per heavy atom. The van der Waals surface area contributed by atoms with Crippen LogP contribution in [0.1, 0.15) is 15.9 Å². The molecular weight excluding hydrogens is 446 g/mol. The third-order valence-corrected chi connectivity index (χ3v) is 7.15. The van der Waals surface area contributed by atoms with E-state index in [0.717, 1.165) is 0 Å². The van der Waals surface area contributed by atoms with E-state index in [1.54, 1.807) is 25.1 Å². The number of phenols is 1. The van der Waals surface area contributed by atoms with Crippen molar-refractivity contribution in [2.75, 3.05) is 33.1 Å². The number of benzene rings is 1. The minimum absolute atomic E-state index is 0.00236. The summed E-state index contributed by atoms with van der Waals surface area (Å²) in [5.74, 6) is -8.31. The molecule has 7 N–H and O–H groups in total. The molecule has 0 saturated carbocycles. The lowest BCUT2D eigenvalue weighted by Gasteiger charge is -2.52. The van der Waals surface area contributed by atoms with Crippen LogP contribution in [-0.4, -0.2) is 93.8 Å². The van der Waals surface area contributed by atoms with Crippen molar-refractivity contribution >= 4 is 23.2 Å². The summed E-state index contributed by atoms with van der Waals surface area (Å²) in [5, 5.41) is 55.4. The number of nitrogens with two attached hydrogens (primary N) is 1. The van der Waals surface area contributed by atoms with E-state index in [-0.39, 0.29) is 17.7 Å². The van der Waals surface area contributed by atoms with Crippen LogP contribution in [-0.2, 0) is 16.0 Å². The van der Waals surface area contributed by atoms with Gasteiger partial charge in [0.05, 0.1) is 23.6 Å². The van der Waals surface area contributed by atoms with Crippen LogP contribution in [0.5, 0.6) is 5.75 Å². The number of aliphatic hydroxyl groups is 4. The number of ketones is 2. The van der Waals surface area contributed by atoms with Gasteiger partial charge in [0.15, 0.2) is 11.4 Å². The maximum Gasteiger partial charge on any atom is 0.255 e. The second kappa shape index (κ2) is 7.55. The van der Waals surface area contributed by atoms with Crippen molar-refractivity contribution in [1.29, 1.82) is 0 Å². The van der Waals surface area contributed by atoms with Crippen LogP contribution < -0.4 is 10.6 Å². The number of carbonyl (C=O) groups is 3. The highest BCUT2D eigenvalue weighted by Gasteiger charge is 2.66. The highest BCUT2D eigenvalue weighted by Crippen LogP contribution is 2.53. The number of anilines is 1. The zero-order valence-corrected chi connectivity index (χ0v) is 19.1. The summed E-state index contributed by atoms with van der Waals surface area (Å²) in [5.41, 5.74) is 1.96. The van der Waals surface area contributed by atoms with Crippen LogP contribution in [0.2, 0.25) is 0 Å². The molecule has 5 atom stereocenters. The number of amides is 1. The smallest absolute Gasteiger partial charge is 0.255 e. The van der Waals surface area contributed by atoms with E-state index in [0.29, 0.717) is 11.3 Å². The molecule has 0 spiro atoms. The molecule has 4 rings (SSSR count). The van der Waals surface area contributed by atoms with Gasteiger partial charge in [-0.25, -0.2) is 0 Å². The van der Waals surface area contributed by atoms with Gasteiger partial charge in [0.25, 0.3) is 5.91 Å². The normalized spacial score (nSPS) is 30.8. The number of phenolic OH excluding ortho intramolecular Hbond substituents is 1. The predicted molar refractivity (Wildman–Crippen MR) is 119 cm³/mol. The third-order valence-electron chi connectivity index (χ3n) is 7.15. The van der Waals surface area contributed by atoms with Crippen LogP contribution in [0.25, 0.3) is 0 Å². The van der Waals surface area contributed by atoms with Crippen molar-refractivity contribution in [3.05, 3.63) is 45.9 Å². The number of rotatable bonds is 3. The first-order chi connectivity index (χ1) is 15.8. The molecule has 0 radical (unpaired) electrons. The van der Waals surface area contributed by atoms with Gasteiger partial charge in [0, 0.05) is 31.3 Å². The highest BCUT2D eigenvalue weighted by atomic mass is 16.4. The van der Waals surface area contributed by atoms with Crippen molar-refractivity contribution in [3.8, 4) is 5.75 Å². The number of likely N-dealkylation sites (N-methyl/N-ethyl adjacent to an activating group) is 1. The number of aliphatic hydroxyl groups excluding tert-OH is 3. The minimum Gasteiger partial charge on any atom is -0.510 e. The van der Waals surface area contributed by atoms with Gasteiger partial charge >= 0.3 is 0 Å². The van der Waals surface area contributed by atoms with Crippen LogP contribution in [0.15, 0.2) is 34.8 Å². The van der Waals surface area contributed by atoms with Gasteiger partial charge < -0.3 is 36.2 Å². The lowest BCUT2D eigenvalue weighted by molar-refractivity contribution is -0.161. The van der Waals surface area contributed by atoms with Crippen LogP contribution in [0.4, 0.5) is 5.69 Å². The van der Waals surface area contributed by atoms with E-state index in [2.05, 4.69) is 0 Å². The van der Waals surface area contributed by atoms with Gasteiger partial charge in [0.2, 0.25) is 5.78 Å². The molecule has 1 amide bonds. The molecule has 11 heteroatoms.